The minimum atomic E-state index is -0.731. The molecule has 0 fully saturated rings. The van der Waals surface area contributed by atoms with Gasteiger partial charge in [0.2, 0.25) is 0 Å². The van der Waals surface area contributed by atoms with Crippen LogP contribution in [-0.4, -0.2) is 17.4 Å². The predicted molar refractivity (Wildman–Crippen MR) is 77.4 cm³/mol. The van der Waals surface area contributed by atoms with E-state index in [-0.39, 0.29) is 11.4 Å². The molecule has 0 saturated heterocycles. The van der Waals surface area contributed by atoms with Gasteiger partial charge in [-0.3, -0.25) is 4.79 Å². The molecular formula is C15H15F2N3O. The molecule has 0 saturated carbocycles. The zero-order chi connectivity index (χ0) is 15.4. The van der Waals surface area contributed by atoms with Crippen molar-refractivity contribution in [2.24, 2.45) is 0 Å². The Hall–Kier alpha value is -2.50. The van der Waals surface area contributed by atoms with Crippen LogP contribution >= 0.6 is 0 Å². The molecule has 0 unspecified atom stereocenters. The van der Waals surface area contributed by atoms with Gasteiger partial charge in [-0.05, 0) is 32.0 Å². The fraction of sp³-hybridized carbons (Fsp3) is 0.200. The number of halogens is 2. The number of carbonyl (C=O) groups excluding carboxylic acids is 1. The third-order valence-electron chi connectivity index (χ3n) is 2.99. The minimum Gasteiger partial charge on any atom is -0.368 e. The summed E-state index contributed by atoms with van der Waals surface area (Å²) in [5.74, 6) is -1.80. The lowest BCUT2D eigenvalue weighted by Gasteiger charge is -2.11. The largest absolute Gasteiger partial charge is 0.368 e. The monoisotopic (exact) mass is 291 g/mol. The Balaban J connectivity index is 2.29. The van der Waals surface area contributed by atoms with Gasteiger partial charge in [0.15, 0.2) is 11.6 Å². The number of rotatable bonds is 4. The number of hydrogen-bond donors (Lipinski definition) is 2. The number of hydrogen-bond acceptors (Lipinski definition) is 3. The number of carbonyl (C=O) groups is 1. The van der Waals surface area contributed by atoms with E-state index in [9.17, 15) is 13.6 Å². The van der Waals surface area contributed by atoms with Gasteiger partial charge in [-0.15, -0.1) is 0 Å². The first-order chi connectivity index (χ1) is 10.0. The topological polar surface area (TPSA) is 54.0 Å². The molecule has 2 rings (SSSR count). The quantitative estimate of drug-likeness (QED) is 0.908. The number of nitrogens with zero attached hydrogens (tertiary/aromatic N) is 1. The average Bonchev–Trinajstić information content (AvgIpc) is 2.46. The van der Waals surface area contributed by atoms with Crippen LogP contribution in [0.5, 0.6) is 0 Å². The van der Waals surface area contributed by atoms with E-state index >= 15 is 0 Å². The maximum absolute atomic E-state index is 14.1. The van der Waals surface area contributed by atoms with Crippen molar-refractivity contribution in [2.45, 2.75) is 13.8 Å². The maximum atomic E-state index is 14.1. The minimum absolute atomic E-state index is 0.0149. The van der Waals surface area contributed by atoms with Gasteiger partial charge in [0.05, 0.1) is 5.56 Å². The molecular weight excluding hydrogens is 276 g/mol. The van der Waals surface area contributed by atoms with Gasteiger partial charge in [0, 0.05) is 24.0 Å². The van der Waals surface area contributed by atoms with E-state index in [1.165, 1.54) is 31.3 Å². The SMILES string of the molecule is CCNc1nccc(C(=O)Nc2cccc(F)c2C)c1F. The fourth-order valence-electron chi connectivity index (χ4n) is 1.84. The van der Waals surface area contributed by atoms with Gasteiger partial charge >= 0.3 is 0 Å². The van der Waals surface area contributed by atoms with Crippen molar-refractivity contribution < 1.29 is 13.6 Å². The molecule has 2 N–H and O–H groups in total. The molecule has 4 nitrogen and oxygen atoms in total. The first-order valence-electron chi connectivity index (χ1n) is 6.49. The molecule has 21 heavy (non-hydrogen) atoms. The molecule has 0 aliphatic heterocycles. The highest BCUT2D eigenvalue weighted by molar-refractivity contribution is 6.05. The Bertz CT molecular complexity index is 674. The van der Waals surface area contributed by atoms with Crippen molar-refractivity contribution in [3.05, 3.63) is 53.2 Å². The zero-order valence-electron chi connectivity index (χ0n) is 11.7. The van der Waals surface area contributed by atoms with Crippen LogP contribution in [0, 0.1) is 18.6 Å². The van der Waals surface area contributed by atoms with Crippen LogP contribution in [0.3, 0.4) is 0 Å². The highest BCUT2D eigenvalue weighted by Gasteiger charge is 2.17. The van der Waals surface area contributed by atoms with Crippen LogP contribution in [0.4, 0.5) is 20.3 Å². The molecule has 1 amide bonds. The second-order valence-electron chi connectivity index (χ2n) is 4.42. The Labute approximate surface area is 121 Å². The highest BCUT2D eigenvalue weighted by atomic mass is 19.1. The van der Waals surface area contributed by atoms with Crippen LogP contribution in [0.2, 0.25) is 0 Å². The highest BCUT2D eigenvalue weighted by Crippen LogP contribution is 2.20. The summed E-state index contributed by atoms with van der Waals surface area (Å²) in [5.41, 5.74) is 0.457. The molecule has 0 radical (unpaired) electrons. The summed E-state index contributed by atoms with van der Waals surface area (Å²) in [5, 5.41) is 5.23. The number of aromatic nitrogens is 1. The molecule has 0 spiro atoms. The van der Waals surface area contributed by atoms with Gasteiger partial charge in [0.1, 0.15) is 5.82 Å². The molecule has 0 aliphatic rings. The summed E-state index contributed by atoms with van der Waals surface area (Å²) in [4.78, 5) is 15.9. The van der Waals surface area contributed by atoms with Gasteiger partial charge in [-0.25, -0.2) is 13.8 Å². The normalized spacial score (nSPS) is 10.3. The molecule has 6 heteroatoms. The lowest BCUT2D eigenvalue weighted by atomic mass is 10.1. The summed E-state index contributed by atoms with van der Waals surface area (Å²) >= 11 is 0. The number of anilines is 2. The van der Waals surface area contributed by atoms with Crippen LogP contribution in [0.1, 0.15) is 22.8 Å². The molecule has 2 aromatic rings. The van der Waals surface area contributed by atoms with Crippen LogP contribution < -0.4 is 10.6 Å². The van der Waals surface area contributed by atoms with E-state index in [2.05, 4.69) is 15.6 Å². The van der Waals surface area contributed by atoms with Crippen molar-refractivity contribution in [1.82, 2.24) is 4.98 Å². The third kappa shape index (κ3) is 3.16. The first kappa shape index (κ1) is 14.9. The molecule has 1 aromatic carbocycles. The summed E-state index contributed by atoms with van der Waals surface area (Å²) in [7, 11) is 0. The Morgan fingerprint density at radius 2 is 2.05 bits per heavy atom. The summed E-state index contributed by atoms with van der Waals surface area (Å²) in [6, 6.07) is 5.60. The second kappa shape index (κ2) is 6.30. The fourth-order valence-corrected chi connectivity index (χ4v) is 1.84. The maximum Gasteiger partial charge on any atom is 0.258 e. The van der Waals surface area contributed by atoms with Gasteiger partial charge in [0.25, 0.3) is 5.91 Å². The molecule has 110 valence electrons. The van der Waals surface area contributed by atoms with E-state index in [0.29, 0.717) is 17.8 Å². The van der Waals surface area contributed by atoms with E-state index in [0.717, 1.165) is 0 Å². The van der Waals surface area contributed by atoms with E-state index in [1.54, 1.807) is 13.0 Å². The van der Waals surface area contributed by atoms with Gasteiger partial charge in [-0.2, -0.15) is 0 Å². The van der Waals surface area contributed by atoms with Crippen molar-refractivity contribution in [2.75, 3.05) is 17.2 Å². The van der Waals surface area contributed by atoms with Crippen LogP contribution in [0.25, 0.3) is 0 Å². The number of amides is 1. The van der Waals surface area contributed by atoms with E-state index in [4.69, 9.17) is 0 Å². The second-order valence-corrected chi connectivity index (χ2v) is 4.42. The number of nitrogens with one attached hydrogen (secondary N) is 2. The molecule has 0 bridgehead atoms. The Kier molecular flexibility index (Phi) is 4.47. The Morgan fingerprint density at radius 1 is 1.29 bits per heavy atom. The molecule has 1 aromatic heterocycles. The van der Waals surface area contributed by atoms with Gasteiger partial charge < -0.3 is 10.6 Å². The Morgan fingerprint density at radius 3 is 2.76 bits per heavy atom. The summed E-state index contributed by atoms with van der Waals surface area (Å²) in [6.45, 7) is 3.82. The average molecular weight is 291 g/mol. The van der Waals surface area contributed by atoms with Crippen LogP contribution in [0.15, 0.2) is 30.5 Å². The number of benzene rings is 1. The van der Waals surface area contributed by atoms with Crippen molar-refractivity contribution >= 4 is 17.4 Å². The smallest absolute Gasteiger partial charge is 0.258 e. The van der Waals surface area contributed by atoms with Crippen molar-refractivity contribution in [1.29, 1.82) is 0 Å². The standard InChI is InChI=1S/C15H15F2N3O/c1-3-18-14-13(17)10(7-8-19-14)15(21)20-12-6-4-5-11(16)9(12)2/h4-8H,3H2,1-2H3,(H,18,19)(H,20,21). The lowest BCUT2D eigenvalue weighted by molar-refractivity contribution is 0.102. The molecule has 0 aliphatic carbocycles. The summed E-state index contributed by atoms with van der Waals surface area (Å²) in [6.07, 6.45) is 1.34. The third-order valence-corrected chi connectivity index (χ3v) is 2.99. The predicted octanol–water partition coefficient (Wildman–Crippen LogP) is 3.35. The van der Waals surface area contributed by atoms with Crippen molar-refractivity contribution in [3.8, 4) is 0 Å². The van der Waals surface area contributed by atoms with E-state index in [1.807, 2.05) is 0 Å². The first-order valence-corrected chi connectivity index (χ1v) is 6.49. The molecule has 0 atom stereocenters. The lowest BCUT2D eigenvalue weighted by Crippen LogP contribution is -2.16. The molecule has 1 heterocycles. The van der Waals surface area contributed by atoms with Gasteiger partial charge in [-0.1, -0.05) is 6.07 Å². The zero-order valence-corrected chi connectivity index (χ0v) is 11.7. The number of pyridine rings is 1. The summed E-state index contributed by atoms with van der Waals surface area (Å²) < 4.78 is 27.6. The van der Waals surface area contributed by atoms with E-state index < -0.39 is 17.5 Å². The van der Waals surface area contributed by atoms with Crippen LogP contribution in [-0.2, 0) is 0 Å². The van der Waals surface area contributed by atoms with Crippen molar-refractivity contribution in [3.63, 3.8) is 0 Å².